The summed E-state index contributed by atoms with van der Waals surface area (Å²) in [6.45, 7) is 3.80. The molecule has 0 saturated heterocycles. The highest BCUT2D eigenvalue weighted by molar-refractivity contribution is 9.10. The number of hydrogen-bond acceptors (Lipinski definition) is 1. The van der Waals surface area contributed by atoms with Crippen molar-refractivity contribution in [1.82, 2.24) is 0 Å². The summed E-state index contributed by atoms with van der Waals surface area (Å²) in [6, 6.07) is 10.1. The molecular weight excluding hydrogens is 295 g/mol. The number of benzene rings is 2. The highest BCUT2D eigenvalue weighted by Gasteiger charge is 2.15. The van der Waals surface area contributed by atoms with Gasteiger partial charge < -0.3 is 5.11 Å². The Morgan fingerprint density at radius 3 is 2.39 bits per heavy atom. The van der Waals surface area contributed by atoms with Gasteiger partial charge in [-0.05, 0) is 60.4 Å². The Labute approximate surface area is 114 Å². The van der Waals surface area contributed by atoms with Crippen LogP contribution in [0, 0.1) is 19.7 Å². The Morgan fingerprint density at radius 2 is 1.72 bits per heavy atom. The maximum absolute atomic E-state index is 13.3. The lowest BCUT2D eigenvalue weighted by Gasteiger charge is -2.16. The first-order valence-electron chi connectivity index (χ1n) is 5.69. The molecule has 2 aromatic rings. The van der Waals surface area contributed by atoms with Crippen molar-refractivity contribution in [2.45, 2.75) is 20.0 Å². The van der Waals surface area contributed by atoms with E-state index in [9.17, 15) is 9.50 Å². The van der Waals surface area contributed by atoms with E-state index in [1.807, 2.05) is 32.0 Å². The van der Waals surface area contributed by atoms with Crippen LogP contribution >= 0.6 is 15.9 Å². The van der Waals surface area contributed by atoms with E-state index in [0.717, 1.165) is 21.2 Å². The lowest BCUT2D eigenvalue weighted by atomic mass is 9.94. The van der Waals surface area contributed by atoms with E-state index in [4.69, 9.17) is 0 Å². The molecule has 0 saturated carbocycles. The number of aryl methyl sites for hydroxylation is 2. The summed E-state index contributed by atoms with van der Waals surface area (Å²) in [5.41, 5.74) is 3.26. The first-order chi connectivity index (χ1) is 8.49. The van der Waals surface area contributed by atoms with E-state index in [0.29, 0.717) is 5.56 Å². The summed E-state index contributed by atoms with van der Waals surface area (Å²) in [4.78, 5) is 0. The third kappa shape index (κ3) is 2.62. The summed E-state index contributed by atoms with van der Waals surface area (Å²) in [7, 11) is 0. The smallest absolute Gasteiger partial charge is 0.123 e. The monoisotopic (exact) mass is 308 g/mol. The molecule has 3 heteroatoms. The van der Waals surface area contributed by atoms with Gasteiger partial charge >= 0.3 is 0 Å². The topological polar surface area (TPSA) is 20.2 Å². The molecule has 94 valence electrons. The second-order valence-corrected chi connectivity index (χ2v) is 5.32. The molecule has 18 heavy (non-hydrogen) atoms. The Morgan fingerprint density at radius 1 is 1.00 bits per heavy atom. The zero-order valence-corrected chi connectivity index (χ0v) is 11.8. The van der Waals surface area contributed by atoms with Gasteiger partial charge in [0.15, 0.2) is 0 Å². The summed E-state index contributed by atoms with van der Waals surface area (Å²) in [5, 5.41) is 10.4. The van der Waals surface area contributed by atoms with Crippen molar-refractivity contribution in [3.8, 4) is 0 Å². The molecule has 0 aliphatic carbocycles. The highest BCUT2D eigenvalue weighted by atomic mass is 79.9. The predicted molar refractivity (Wildman–Crippen MR) is 74.1 cm³/mol. The first-order valence-corrected chi connectivity index (χ1v) is 6.48. The molecule has 0 aliphatic rings. The normalized spacial score (nSPS) is 12.5. The van der Waals surface area contributed by atoms with Gasteiger partial charge in [-0.3, -0.25) is 0 Å². The number of aliphatic hydroxyl groups excluding tert-OH is 1. The predicted octanol–water partition coefficient (Wildman–Crippen LogP) is 4.29. The van der Waals surface area contributed by atoms with Crippen LogP contribution in [0.15, 0.2) is 40.9 Å². The van der Waals surface area contributed by atoms with Gasteiger partial charge in [0.05, 0.1) is 0 Å². The van der Waals surface area contributed by atoms with Crippen LogP contribution in [0.3, 0.4) is 0 Å². The Kier molecular flexibility index (Phi) is 3.83. The molecular formula is C15H14BrFO. The highest BCUT2D eigenvalue weighted by Crippen LogP contribution is 2.29. The zero-order chi connectivity index (χ0) is 13.3. The van der Waals surface area contributed by atoms with Crippen molar-refractivity contribution in [3.63, 3.8) is 0 Å². The van der Waals surface area contributed by atoms with Crippen LogP contribution in [0.25, 0.3) is 0 Å². The Hall–Kier alpha value is -1.19. The maximum atomic E-state index is 13.3. The molecule has 0 radical (unpaired) electrons. The van der Waals surface area contributed by atoms with E-state index < -0.39 is 6.10 Å². The third-order valence-electron chi connectivity index (χ3n) is 3.06. The van der Waals surface area contributed by atoms with Gasteiger partial charge in [-0.15, -0.1) is 0 Å². The number of halogens is 2. The molecule has 0 spiro atoms. The maximum Gasteiger partial charge on any atom is 0.123 e. The fraction of sp³-hybridized carbons (Fsp3) is 0.200. The lowest BCUT2D eigenvalue weighted by Crippen LogP contribution is -2.04. The quantitative estimate of drug-likeness (QED) is 0.877. The average molecular weight is 309 g/mol. The third-order valence-corrected chi connectivity index (χ3v) is 3.56. The molecule has 0 amide bonds. The number of aliphatic hydroxyl groups is 1. The molecule has 2 aromatic carbocycles. The number of rotatable bonds is 2. The van der Waals surface area contributed by atoms with Crippen LogP contribution in [0.2, 0.25) is 0 Å². The summed E-state index contributed by atoms with van der Waals surface area (Å²) >= 11 is 3.39. The standard InChI is InChI=1S/C15H14BrFO/c1-9-3-5-12(17)8-14(9)15(18)13-6-4-11(16)7-10(13)2/h3-8,15,18H,1-2H3. The van der Waals surface area contributed by atoms with Crippen LogP contribution in [-0.2, 0) is 0 Å². The van der Waals surface area contributed by atoms with Gasteiger partial charge in [-0.1, -0.05) is 28.1 Å². The van der Waals surface area contributed by atoms with Crippen LogP contribution < -0.4 is 0 Å². The van der Waals surface area contributed by atoms with E-state index >= 15 is 0 Å². The SMILES string of the molecule is Cc1cc(Br)ccc1C(O)c1cc(F)ccc1C. The largest absolute Gasteiger partial charge is 0.384 e. The second-order valence-electron chi connectivity index (χ2n) is 4.40. The summed E-state index contributed by atoms with van der Waals surface area (Å²) < 4.78 is 14.2. The van der Waals surface area contributed by atoms with Crippen molar-refractivity contribution in [2.75, 3.05) is 0 Å². The van der Waals surface area contributed by atoms with Gasteiger partial charge in [0.1, 0.15) is 11.9 Å². The molecule has 1 nitrogen and oxygen atoms in total. The molecule has 0 bridgehead atoms. The van der Waals surface area contributed by atoms with Gasteiger partial charge in [0.2, 0.25) is 0 Å². The van der Waals surface area contributed by atoms with Crippen LogP contribution in [-0.4, -0.2) is 5.11 Å². The minimum Gasteiger partial charge on any atom is -0.384 e. The molecule has 1 unspecified atom stereocenters. The molecule has 1 atom stereocenters. The minimum atomic E-state index is -0.797. The van der Waals surface area contributed by atoms with Gasteiger partial charge in [-0.2, -0.15) is 0 Å². The van der Waals surface area contributed by atoms with Crippen LogP contribution in [0.1, 0.15) is 28.4 Å². The fourth-order valence-corrected chi connectivity index (χ4v) is 2.49. The first kappa shape index (κ1) is 13.2. The molecule has 2 rings (SSSR count). The molecule has 0 heterocycles. The van der Waals surface area contributed by atoms with Gasteiger partial charge in [-0.25, -0.2) is 4.39 Å². The van der Waals surface area contributed by atoms with Crippen molar-refractivity contribution >= 4 is 15.9 Å². The molecule has 0 fully saturated rings. The van der Waals surface area contributed by atoms with Crippen LogP contribution in [0.4, 0.5) is 4.39 Å². The second kappa shape index (κ2) is 5.21. The summed E-state index contributed by atoms with van der Waals surface area (Å²) in [5.74, 6) is -0.329. The van der Waals surface area contributed by atoms with Crippen molar-refractivity contribution < 1.29 is 9.50 Å². The van der Waals surface area contributed by atoms with E-state index in [-0.39, 0.29) is 5.82 Å². The fourth-order valence-electron chi connectivity index (χ4n) is 2.02. The van der Waals surface area contributed by atoms with Crippen LogP contribution in [0.5, 0.6) is 0 Å². The Balaban J connectivity index is 2.47. The molecule has 1 N–H and O–H groups in total. The van der Waals surface area contributed by atoms with E-state index in [1.54, 1.807) is 6.07 Å². The van der Waals surface area contributed by atoms with Crippen molar-refractivity contribution in [1.29, 1.82) is 0 Å². The van der Waals surface area contributed by atoms with E-state index in [2.05, 4.69) is 15.9 Å². The zero-order valence-electron chi connectivity index (χ0n) is 10.2. The van der Waals surface area contributed by atoms with Gasteiger partial charge in [0.25, 0.3) is 0 Å². The van der Waals surface area contributed by atoms with E-state index in [1.165, 1.54) is 12.1 Å². The van der Waals surface area contributed by atoms with Crippen molar-refractivity contribution in [3.05, 3.63) is 68.9 Å². The van der Waals surface area contributed by atoms with Gasteiger partial charge in [0, 0.05) is 4.47 Å². The molecule has 0 aromatic heterocycles. The number of hydrogen-bond donors (Lipinski definition) is 1. The lowest BCUT2D eigenvalue weighted by molar-refractivity contribution is 0.218. The Bertz CT molecular complexity index is 581. The molecule has 0 aliphatic heterocycles. The minimum absolute atomic E-state index is 0.329. The average Bonchev–Trinajstić information content (AvgIpc) is 2.31. The summed E-state index contributed by atoms with van der Waals surface area (Å²) in [6.07, 6.45) is -0.797. The van der Waals surface area contributed by atoms with Crippen molar-refractivity contribution in [2.24, 2.45) is 0 Å².